The molecule has 2 aromatic rings. The molecule has 1 unspecified atom stereocenters. The summed E-state index contributed by atoms with van der Waals surface area (Å²) in [7, 11) is 0. The predicted octanol–water partition coefficient (Wildman–Crippen LogP) is 5.74. The summed E-state index contributed by atoms with van der Waals surface area (Å²) in [5, 5.41) is 3.61. The van der Waals surface area contributed by atoms with Crippen LogP contribution >= 0.6 is 0 Å². The molecule has 2 rings (SSSR count). The minimum absolute atomic E-state index is 0.382. The van der Waals surface area contributed by atoms with Crippen LogP contribution in [0.2, 0.25) is 0 Å². The van der Waals surface area contributed by atoms with Gasteiger partial charge in [-0.25, -0.2) is 0 Å². The zero-order chi connectivity index (χ0) is 17.2. The largest absolute Gasteiger partial charge is 0.489 e. The van der Waals surface area contributed by atoms with Crippen LogP contribution in [0.4, 0.5) is 0 Å². The second kappa shape index (κ2) is 10.1. The summed E-state index contributed by atoms with van der Waals surface area (Å²) in [6.45, 7) is 8.50. The molecule has 0 aliphatic carbocycles. The van der Waals surface area contributed by atoms with E-state index in [1.165, 1.54) is 30.4 Å². The van der Waals surface area contributed by atoms with Gasteiger partial charge in [-0.05, 0) is 49.1 Å². The van der Waals surface area contributed by atoms with Crippen molar-refractivity contribution in [3.8, 4) is 5.75 Å². The Balaban J connectivity index is 1.72. The van der Waals surface area contributed by atoms with Crippen LogP contribution < -0.4 is 10.1 Å². The van der Waals surface area contributed by atoms with Crippen molar-refractivity contribution in [2.24, 2.45) is 5.92 Å². The van der Waals surface area contributed by atoms with Crippen molar-refractivity contribution < 1.29 is 4.74 Å². The summed E-state index contributed by atoms with van der Waals surface area (Å²) in [4.78, 5) is 0. The van der Waals surface area contributed by atoms with Gasteiger partial charge in [0.05, 0.1) is 0 Å². The molecule has 0 saturated carbocycles. The molecule has 1 N–H and O–H groups in total. The Morgan fingerprint density at radius 3 is 2.25 bits per heavy atom. The van der Waals surface area contributed by atoms with Crippen LogP contribution in [-0.4, -0.2) is 6.54 Å². The fraction of sp³-hybridized carbons (Fsp3) is 0.455. The topological polar surface area (TPSA) is 21.3 Å². The Morgan fingerprint density at radius 2 is 1.58 bits per heavy atom. The van der Waals surface area contributed by atoms with E-state index in [1.807, 2.05) is 18.2 Å². The fourth-order valence-corrected chi connectivity index (χ4v) is 2.71. The molecular weight excluding hydrogens is 294 g/mol. The fourth-order valence-electron chi connectivity index (χ4n) is 2.71. The highest BCUT2D eigenvalue weighted by atomic mass is 16.5. The first-order valence-corrected chi connectivity index (χ1v) is 9.15. The lowest BCUT2D eigenvalue weighted by molar-refractivity contribution is 0.306. The monoisotopic (exact) mass is 325 g/mol. The second-order valence-electron chi connectivity index (χ2n) is 6.91. The molecule has 24 heavy (non-hydrogen) atoms. The molecule has 0 radical (unpaired) electrons. The van der Waals surface area contributed by atoms with Crippen molar-refractivity contribution in [2.75, 3.05) is 6.54 Å². The molecule has 0 aliphatic heterocycles. The van der Waals surface area contributed by atoms with Crippen molar-refractivity contribution in [1.82, 2.24) is 5.32 Å². The van der Waals surface area contributed by atoms with Crippen LogP contribution in [0.3, 0.4) is 0 Å². The highest BCUT2D eigenvalue weighted by Crippen LogP contribution is 2.19. The van der Waals surface area contributed by atoms with Crippen molar-refractivity contribution >= 4 is 0 Å². The maximum atomic E-state index is 5.84. The third-order valence-corrected chi connectivity index (χ3v) is 4.29. The van der Waals surface area contributed by atoms with E-state index < -0.39 is 0 Å². The van der Waals surface area contributed by atoms with Gasteiger partial charge in [-0.1, -0.05) is 69.2 Å². The van der Waals surface area contributed by atoms with Gasteiger partial charge in [0.2, 0.25) is 0 Å². The number of hydrogen-bond acceptors (Lipinski definition) is 2. The third kappa shape index (κ3) is 6.76. The number of benzene rings is 2. The maximum absolute atomic E-state index is 5.84. The summed E-state index contributed by atoms with van der Waals surface area (Å²) in [6.07, 6.45) is 3.88. The molecule has 0 spiro atoms. The van der Waals surface area contributed by atoms with Crippen LogP contribution in [0.15, 0.2) is 54.6 Å². The Hall–Kier alpha value is -1.80. The minimum atomic E-state index is 0.382. The first kappa shape index (κ1) is 18.5. The summed E-state index contributed by atoms with van der Waals surface area (Å²) in [5.41, 5.74) is 2.50. The molecule has 2 heteroatoms. The molecule has 0 heterocycles. The Labute approximate surface area is 147 Å². The molecule has 0 amide bonds. The molecule has 0 aromatic heterocycles. The molecule has 0 fully saturated rings. The van der Waals surface area contributed by atoms with E-state index in [0.717, 1.165) is 18.2 Å². The summed E-state index contributed by atoms with van der Waals surface area (Å²) in [5.74, 6) is 1.73. The predicted molar refractivity (Wildman–Crippen MR) is 102 cm³/mol. The Bertz CT molecular complexity index is 562. The Kier molecular flexibility index (Phi) is 7.84. The van der Waals surface area contributed by atoms with Crippen LogP contribution in [-0.2, 0) is 6.61 Å². The average Bonchev–Trinajstić information content (AvgIpc) is 2.60. The standard InChI is InChI=1S/C22H31NO/c1-18(2)9-7-8-16-23-19(3)21-12-14-22(15-13-21)24-17-20-10-5-4-6-11-20/h4-6,10-15,18-19,23H,7-9,16-17H2,1-3H3. The number of unbranched alkanes of at least 4 members (excludes halogenated alkanes) is 1. The van der Waals surface area contributed by atoms with E-state index in [9.17, 15) is 0 Å². The third-order valence-electron chi connectivity index (χ3n) is 4.29. The van der Waals surface area contributed by atoms with E-state index in [2.05, 4.69) is 62.5 Å². The van der Waals surface area contributed by atoms with Crippen molar-refractivity contribution in [3.05, 3.63) is 65.7 Å². The van der Waals surface area contributed by atoms with Gasteiger partial charge >= 0.3 is 0 Å². The first-order chi connectivity index (χ1) is 11.6. The molecule has 2 nitrogen and oxygen atoms in total. The highest BCUT2D eigenvalue weighted by molar-refractivity contribution is 5.29. The van der Waals surface area contributed by atoms with E-state index >= 15 is 0 Å². The average molecular weight is 325 g/mol. The minimum Gasteiger partial charge on any atom is -0.489 e. The lowest BCUT2D eigenvalue weighted by Crippen LogP contribution is -2.19. The Morgan fingerprint density at radius 1 is 0.875 bits per heavy atom. The van der Waals surface area contributed by atoms with Crippen LogP contribution in [0.1, 0.15) is 57.2 Å². The lowest BCUT2D eigenvalue weighted by atomic mass is 10.1. The van der Waals surface area contributed by atoms with Crippen LogP contribution in [0.5, 0.6) is 5.75 Å². The number of rotatable bonds is 10. The zero-order valence-corrected chi connectivity index (χ0v) is 15.3. The molecule has 0 aliphatic rings. The smallest absolute Gasteiger partial charge is 0.119 e. The van der Waals surface area contributed by atoms with Gasteiger partial charge in [0.15, 0.2) is 0 Å². The van der Waals surface area contributed by atoms with Gasteiger partial charge in [-0.3, -0.25) is 0 Å². The first-order valence-electron chi connectivity index (χ1n) is 9.15. The van der Waals surface area contributed by atoms with Crippen molar-refractivity contribution in [3.63, 3.8) is 0 Å². The van der Waals surface area contributed by atoms with E-state index in [-0.39, 0.29) is 0 Å². The van der Waals surface area contributed by atoms with Gasteiger partial charge < -0.3 is 10.1 Å². The van der Waals surface area contributed by atoms with E-state index in [1.54, 1.807) is 0 Å². The van der Waals surface area contributed by atoms with E-state index in [0.29, 0.717) is 12.6 Å². The molecule has 1 atom stereocenters. The number of nitrogens with one attached hydrogen (secondary N) is 1. The van der Waals surface area contributed by atoms with Gasteiger partial charge in [0.25, 0.3) is 0 Å². The highest BCUT2D eigenvalue weighted by Gasteiger charge is 2.05. The SMILES string of the molecule is CC(C)CCCCNC(C)c1ccc(OCc2ccccc2)cc1. The molecular formula is C22H31NO. The van der Waals surface area contributed by atoms with Gasteiger partial charge in [-0.2, -0.15) is 0 Å². The molecule has 0 saturated heterocycles. The van der Waals surface area contributed by atoms with Crippen LogP contribution in [0, 0.1) is 5.92 Å². The molecule has 130 valence electrons. The number of hydrogen-bond donors (Lipinski definition) is 1. The maximum Gasteiger partial charge on any atom is 0.119 e. The summed E-state index contributed by atoms with van der Waals surface area (Å²) < 4.78 is 5.84. The van der Waals surface area contributed by atoms with Gasteiger partial charge in [0, 0.05) is 6.04 Å². The second-order valence-corrected chi connectivity index (χ2v) is 6.91. The zero-order valence-electron chi connectivity index (χ0n) is 15.3. The van der Waals surface area contributed by atoms with Crippen molar-refractivity contribution in [1.29, 1.82) is 0 Å². The molecule has 0 bridgehead atoms. The molecule has 2 aromatic carbocycles. The quantitative estimate of drug-likeness (QED) is 0.562. The van der Waals surface area contributed by atoms with Gasteiger partial charge in [0.1, 0.15) is 12.4 Å². The summed E-state index contributed by atoms with van der Waals surface area (Å²) in [6, 6.07) is 19.1. The lowest BCUT2D eigenvalue weighted by Gasteiger charge is -2.15. The summed E-state index contributed by atoms with van der Waals surface area (Å²) >= 11 is 0. The van der Waals surface area contributed by atoms with Crippen LogP contribution in [0.25, 0.3) is 0 Å². The van der Waals surface area contributed by atoms with Gasteiger partial charge in [-0.15, -0.1) is 0 Å². The number of ether oxygens (including phenoxy) is 1. The van der Waals surface area contributed by atoms with Crippen molar-refractivity contribution in [2.45, 2.75) is 52.7 Å². The van der Waals surface area contributed by atoms with E-state index in [4.69, 9.17) is 4.74 Å². The normalized spacial score (nSPS) is 12.3.